The van der Waals surface area contributed by atoms with Crippen molar-refractivity contribution in [2.24, 2.45) is 5.73 Å². The van der Waals surface area contributed by atoms with Gasteiger partial charge in [-0.2, -0.15) is 0 Å². The molecule has 1 saturated heterocycles. The van der Waals surface area contributed by atoms with E-state index in [9.17, 15) is 29.7 Å². The first-order valence-corrected chi connectivity index (χ1v) is 8.75. The molecule has 0 bridgehead atoms. The fraction of sp³-hybridized carbons (Fsp3) is 0.312. The first-order valence-electron chi connectivity index (χ1n) is 7.71. The smallest absolute Gasteiger partial charge is 0.352 e. The van der Waals surface area contributed by atoms with Crippen LogP contribution < -0.4 is 11.1 Å². The van der Waals surface area contributed by atoms with E-state index < -0.39 is 41.8 Å². The first kappa shape index (κ1) is 18.2. The predicted molar refractivity (Wildman–Crippen MR) is 91.8 cm³/mol. The van der Waals surface area contributed by atoms with Crippen LogP contribution in [0, 0.1) is 0 Å². The van der Waals surface area contributed by atoms with Crippen molar-refractivity contribution in [1.82, 2.24) is 10.2 Å². The summed E-state index contributed by atoms with van der Waals surface area (Å²) in [5, 5.41) is 29.9. The highest BCUT2D eigenvalue weighted by Gasteiger charge is 2.54. The number of aliphatic carboxylic acids is 1. The summed E-state index contributed by atoms with van der Waals surface area (Å²) < 4.78 is 0. The topological polar surface area (TPSA) is 153 Å². The zero-order valence-electron chi connectivity index (χ0n) is 13.5. The van der Waals surface area contributed by atoms with Crippen LogP contribution in [0.25, 0.3) is 0 Å². The van der Waals surface area contributed by atoms with Crippen LogP contribution in [0.1, 0.15) is 11.6 Å². The number of nitrogens with one attached hydrogen (secondary N) is 1. The molecule has 0 spiro atoms. The molecule has 0 aliphatic carbocycles. The average molecular weight is 379 g/mol. The number of hydrogen-bond donors (Lipinski definition) is 5. The van der Waals surface area contributed by atoms with Gasteiger partial charge in [0.05, 0.1) is 6.61 Å². The highest BCUT2D eigenvalue weighted by molar-refractivity contribution is 8.00. The molecule has 2 heterocycles. The monoisotopic (exact) mass is 379 g/mol. The Morgan fingerprint density at radius 3 is 2.58 bits per heavy atom. The number of carbonyl (C=O) groups is 3. The molecule has 2 aliphatic rings. The molecule has 26 heavy (non-hydrogen) atoms. The molecule has 3 rings (SSSR count). The van der Waals surface area contributed by atoms with Crippen molar-refractivity contribution in [1.29, 1.82) is 0 Å². The van der Waals surface area contributed by atoms with E-state index in [-0.39, 0.29) is 22.8 Å². The number of carbonyl (C=O) groups excluding carboxylic acids is 2. The van der Waals surface area contributed by atoms with Gasteiger partial charge in [-0.15, -0.1) is 11.8 Å². The number of phenolic OH excluding ortho intramolecular Hbond substituents is 1. The van der Waals surface area contributed by atoms with E-state index in [0.717, 1.165) is 4.90 Å². The number of aliphatic hydroxyl groups excluding tert-OH is 1. The Hall–Kier alpha value is -2.56. The van der Waals surface area contributed by atoms with E-state index in [1.165, 1.54) is 36.0 Å². The van der Waals surface area contributed by atoms with E-state index in [1.807, 2.05) is 0 Å². The molecule has 10 heteroatoms. The summed E-state index contributed by atoms with van der Waals surface area (Å²) in [6.07, 6.45) is 0. The summed E-state index contributed by atoms with van der Waals surface area (Å²) in [7, 11) is 0. The molecule has 1 aromatic carbocycles. The van der Waals surface area contributed by atoms with Crippen molar-refractivity contribution in [2.45, 2.75) is 17.5 Å². The molecule has 3 atom stereocenters. The van der Waals surface area contributed by atoms with Gasteiger partial charge in [0, 0.05) is 5.75 Å². The molecule has 0 saturated carbocycles. The van der Waals surface area contributed by atoms with Gasteiger partial charge in [0.15, 0.2) is 0 Å². The van der Waals surface area contributed by atoms with Crippen molar-refractivity contribution in [2.75, 3.05) is 12.4 Å². The van der Waals surface area contributed by atoms with Gasteiger partial charge >= 0.3 is 5.97 Å². The van der Waals surface area contributed by atoms with Crippen LogP contribution in [0.3, 0.4) is 0 Å². The summed E-state index contributed by atoms with van der Waals surface area (Å²) >= 11 is 1.27. The van der Waals surface area contributed by atoms with Gasteiger partial charge in [-0.3, -0.25) is 14.5 Å². The molecule has 138 valence electrons. The van der Waals surface area contributed by atoms with E-state index >= 15 is 0 Å². The molecule has 1 fully saturated rings. The van der Waals surface area contributed by atoms with Gasteiger partial charge in [0.1, 0.15) is 28.9 Å². The second kappa shape index (κ2) is 6.98. The number of aromatic hydroxyl groups is 1. The standard InChI is InChI=1S/C16H17N3O6S/c17-10(7-1-3-9(21)4-2-7)13(22)18-11-14(23)19-12(16(24)25)8(5-20)6-26-15(11)19/h1-4,10-11,15,20-21H,5-6,17H2,(H,18,22)(H,24,25)/t10?,11-,15-/m0/s1. The van der Waals surface area contributed by atoms with Gasteiger partial charge < -0.3 is 26.4 Å². The number of thioether (sulfide) groups is 1. The normalized spacial score (nSPS) is 23.2. The lowest BCUT2D eigenvalue weighted by Gasteiger charge is -2.49. The molecular weight excluding hydrogens is 362 g/mol. The summed E-state index contributed by atoms with van der Waals surface area (Å²) in [4.78, 5) is 37.2. The van der Waals surface area contributed by atoms with Crippen LogP contribution in [0.4, 0.5) is 0 Å². The number of amides is 2. The molecule has 0 aromatic heterocycles. The quantitative estimate of drug-likeness (QED) is 0.414. The van der Waals surface area contributed by atoms with Crippen LogP contribution in [0.5, 0.6) is 5.75 Å². The zero-order valence-corrected chi connectivity index (χ0v) is 14.3. The van der Waals surface area contributed by atoms with Crippen molar-refractivity contribution >= 4 is 29.5 Å². The number of nitrogens with zero attached hydrogens (tertiary/aromatic N) is 1. The van der Waals surface area contributed by atoms with E-state index in [0.29, 0.717) is 5.56 Å². The molecule has 6 N–H and O–H groups in total. The first-order chi connectivity index (χ1) is 12.3. The minimum absolute atomic E-state index is 0.0393. The Morgan fingerprint density at radius 1 is 1.35 bits per heavy atom. The molecular formula is C16H17N3O6S. The largest absolute Gasteiger partial charge is 0.508 e. The highest BCUT2D eigenvalue weighted by Crippen LogP contribution is 2.40. The van der Waals surface area contributed by atoms with E-state index in [2.05, 4.69) is 5.32 Å². The maximum absolute atomic E-state index is 12.4. The zero-order chi connectivity index (χ0) is 19.0. The second-order valence-corrected chi connectivity index (χ2v) is 6.99. The van der Waals surface area contributed by atoms with Gasteiger partial charge in [-0.05, 0) is 23.3 Å². The fourth-order valence-corrected chi connectivity index (χ4v) is 4.22. The summed E-state index contributed by atoms with van der Waals surface area (Å²) in [6, 6.07) is 3.89. The minimum Gasteiger partial charge on any atom is -0.508 e. The lowest BCUT2D eigenvalue weighted by atomic mass is 10.0. The highest BCUT2D eigenvalue weighted by atomic mass is 32.2. The Morgan fingerprint density at radius 2 is 2.00 bits per heavy atom. The van der Waals surface area contributed by atoms with Crippen LogP contribution in [-0.4, -0.2) is 61.8 Å². The fourth-order valence-electron chi connectivity index (χ4n) is 2.88. The number of benzene rings is 1. The number of hydrogen-bond acceptors (Lipinski definition) is 7. The van der Waals surface area contributed by atoms with Crippen molar-refractivity contribution in [3.8, 4) is 5.75 Å². The lowest BCUT2D eigenvalue weighted by Crippen LogP contribution is -2.71. The number of aliphatic hydroxyl groups is 1. The maximum Gasteiger partial charge on any atom is 0.352 e. The third kappa shape index (κ3) is 3.02. The Bertz CT molecular complexity index is 794. The van der Waals surface area contributed by atoms with E-state index in [1.54, 1.807) is 0 Å². The van der Waals surface area contributed by atoms with Crippen molar-refractivity contribution in [3.63, 3.8) is 0 Å². The number of phenols is 1. The number of β-lactam (4-membered cyclic amide) rings is 1. The molecule has 2 amide bonds. The van der Waals surface area contributed by atoms with E-state index in [4.69, 9.17) is 5.73 Å². The maximum atomic E-state index is 12.4. The number of carboxylic acid groups (broad SMARTS) is 1. The Kier molecular flexibility index (Phi) is 4.90. The lowest BCUT2D eigenvalue weighted by molar-refractivity contribution is -0.151. The minimum atomic E-state index is -1.29. The van der Waals surface area contributed by atoms with Gasteiger partial charge in [0.2, 0.25) is 5.91 Å². The van der Waals surface area contributed by atoms with Crippen molar-refractivity contribution in [3.05, 3.63) is 41.1 Å². The summed E-state index contributed by atoms with van der Waals surface area (Å²) in [5.41, 5.74) is 6.39. The second-order valence-electron chi connectivity index (χ2n) is 5.88. The van der Waals surface area contributed by atoms with Crippen molar-refractivity contribution < 1.29 is 29.7 Å². The molecule has 1 aromatic rings. The number of carboxylic acids is 1. The van der Waals surface area contributed by atoms with Gasteiger partial charge in [-0.1, -0.05) is 12.1 Å². The predicted octanol–water partition coefficient (Wildman–Crippen LogP) is -0.877. The van der Waals surface area contributed by atoms with Crippen LogP contribution in [0.15, 0.2) is 35.5 Å². The molecule has 9 nitrogen and oxygen atoms in total. The SMILES string of the molecule is NC(C(=O)N[C@H]1C(=O)N2C(C(=O)O)=C(CO)CS[C@@H]12)c1ccc(O)cc1. The van der Waals surface area contributed by atoms with Crippen LogP contribution in [0.2, 0.25) is 0 Å². The number of rotatable bonds is 5. The van der Waals surface area contributed by atoms with Gasteiger partial charge in [0.25, 0.3) is 5.91 Å². The molecule has 2 aliphatic heterocycles. The van der Waals surface area contributed by atoms with Gasteiger partial charge in [-0.25, -0.2) is 4.79 Å². The number of nitrogens with two attached hydrogens (primary N) is 1. The summed E-state index contributed by atoms with van der Waals surface area (Å²) in [6.45, 7) is -0.451. The molecule has 1 unspecified atom stereocenters. The average Bonchev–Trinajstić information content (AvgIpc) is 2.64. The Labute approximate surface area is 152 Å². The summed E-state index contributed by atoms with van der Waals surface area (Å²) in [5.74, 6) is -2.14. The molecule has 0 radical (unpaired) electrons. The van der Waals surface area contributed by atoms with Crippen LogP contribution in [-0.2, 0) is 14.4 Å². The van der Waals surface area contributed by atoms with Crippen LogP contribution >= 0.6 is 11.8 Å². The number of fused-ring (bicyclic) bond motifs is 1. The third-order valence-corrected chi connectivity index (χ3v) is 5.61. The Balaban J connectivity index is 1.72. The third-order valence-electron chi connectivity index (χ3n) is 4.27.